The van der Waals surface area contributed by atoms with Gasteiger partial charge in [-0.25, -0.2) is 0 Å². The van der Waals surface area contributed by atoms with Crippen molar-refractivity contribution in [3.8, 4) is 0 Å². The molecule has 1 aliphatic carbocycles. The normalized spacial score (nSPS) is 26.5. The van der Waals surface area contributed by atoms with Crippen LogP contribution in [0.25, 0.3) is 0 Å². The first kappa shape index (κ1) is 11.4. The molecule has 1 saturated carbocycles. The second kappa shape index (κ2) is 5.30. The van der Waals surface area contributed by atoms with E-state index >= 15 is 0 Å². The van der Waals surface area contributed by atoms with E-state index in [1.807, 2.05) is 0 Å². The van der Waals surface area contributed by atoms with Crippen LogP contribution in [0.4, 0.5) is 0 Å². The zero-order valence-electron chi connectivity index (χ0n) is 9.42. The van der Waals surface area contributed by atoms with Crippen molar-refractivity contribution in [3.05, 3.63) is 0 Å². The largest absolute Gasteiger partial charge is 0.353 e. The molecule has 2 fully saturated rings. The Labute approximate surface area is 95.3 Å². The summed E-state index contributed by atoms with van der Waals surface area (Å²) in [5.41, 5.74) is 0. The van der Waals surface area contributed by atoms with E-state index in [2.05, 4.69) is 16.0 Å². The third-order valence-electron chi connectivity index (χ3n) is 3.24. The van der Waals surface area contributed by atoms with Crippen LogP contribution < -0.4 is 16.0 Å². The van der Waals surface area contributed by atoms with Gasteiger partial charge in [0.15, 0.2) is 0 Å². The van der Waals surface area contributed by atoms with Crippen molar-refractivity contribution in [2.45, 2.75) is 44.2 Å². The highest BCUT2D eigenvalue weighted by Gasteiger charge is 2.25. The van der Waals surface area contributed by atoms with Crippen LogP contribution in [0.2, 0.25) is 0 Å². The molecule has 0 aromatic carbocycles. The second-order valence-electron chi connectivity index (χ2n) is 4.55. The van der Waals surface area contributed by atoms with Gasteiger partial charge in [-0.3, -0.25) is 9.59 Å². The molecule has 0 radical (unpaired) electrons. The van der Waals surface area contributed by atoms with Gasteiger partial charge >= 0.3 is 0 Å². The van der Waals surface area contributed by atoms with Crippen LogP contribution in [-0.4, -0.2) is 37.0 Å². The van der Waals surface area contributed by atoms with Crippen molar-refractivity contribution >= 4 is 11.8 Å². The molecule has 5 heteroatoms. The van der Waals surface area contributed by atoms with Gasteiger partial charge in [-0.05, 0) is 12.8 Å². The number of piperazine rings is 1. The molecule has 3 N–H and O–H groups in total. The average Bonchev–Trinajstić information content (AvgIpc) is 2.74. The van der Waals surface area contributed by atoms with E-state index in [1.54, 1.807) is 0 Å². The molecule has 1 heterocycles. The van der Waals surface area contributed by atoms with Gasteiger partial charge in [-0.1, -0.05) is 12.8 Å². The predicted molar refractivity (Wildman–Crippen MR) is 59.8 cm³/mol. The van der Waals surface area contributed by atoms with Gasteiger partial charge in [0.05, 0.1) is 12.5 Å². The van der Waals surface area contributed by atoms with Gasteiger partial charge in [-0.15, -0.1) is 0 Å². The minimum atomic E-state index is -0.352. The lowest BCUT2D eigenvalue weighted by Gasteiger charge is -2.23. The Morgan fingerprint density at radius 2 is 2.06 bits per heavy atom. The molecule has 1 aliphatic heterocycles. The molecule has 1 unspecified atom stereocenters. The van der Waals surface area contributed by atoms with E-state index in [1.165, 1.54) is 12.8 Å². The van der Waals surface area contributed by atoms with Crippen molar-refractivity contribution in [2.24, 2.45) is 0 Å². The molecule has 2 aliphatic rings. The fraction of sp³-hybridized carbons (Fsp3) is 0.818. The smallest absolute Gasteiger partial charge is 0.237 e. The summed E-state index contributed by atoms with van der Waals surface area (Å²) in [6, 6.07) is -0.0192. The first-order valence-electron chi connectivity index (χ1n) is 6.06. The van der Waals surface area contributed by atoms with Crippen molar-refractivity contribution in [2.75, 3.05) is 13.1 Å². The van der Waals surface area contributed by atoms with E-state index in [0.717, 1.165) is 19.4 Å². The highest BCUT2D eigenvalue weighted by atomic mass is 16.2. The van der Waals surface area contributed by atoms with Gasteiger partial charge in [-0.2, -0.15) is 0 Å². The molecule has 5 nitrogen and oxygen atoms in total. The van der Waals surface area contributed by atoms with Gasteiger partial charge in [0.25, 0.3) is 0 Å². The highest BCUT2D eigenvalue weighted by molar-refractivity contribution is 5.88. The molecule has 0 aromatic heterocycles. The summed E-state index contributed by atoms with van der Waals surface area (Å²) in [4.78, 5) is 23.1. The third kappa shape index (κ3) is 2.95. The monoisotopic (exact) mass is 225 g/mol. The van der Waals surface area contributed by atoms with Gasteiger partial charge in [0.2, 0.25) is 11.8 Å². The maximum Gasteiger partial charge on any atom is 0.237 e. The fourth-order valence-electron chi connectivity index (χ4n) is 2.36. The number of carbonyl (C=O) groups excluding carboxylic acids is 2. The molecule has 90 valence electrons. The summed E-state index contributed by atoms with van der Waals surface area (Å²) in [5.74, 6) is -0.0747. The van der Waals surface area contributed by atoms with Crippen molar-refractivity contribution in [1.29, 1.82) is 0 Å². The zero-order chi connectivity index (χ0) is 11.4. The van der Waals surface area contributed by atoms with Crippen LogP contribution in [0.3, 0.4) is 0 Å². The summed E-state index contributed by atoms with van der Waals surface area (Å²) in [5, 5.41) is 8.79. The summed E-state index contributed by atoms with van der Waals surface area (Å²) >= 11 is 0. The molecule has 2 rings (SSSR count). The maximum atomic E-state index is 11.7. The SMILES string of the molecule is O=C(CC1NCCNC1=O)NC1CCCC1. The quantitative estimate of drug-likeness (QED) is 0.608. The Morgan fingerprint density at radius 1 is 1.31 bits per heavy atom. The molecule has 1 atom stereocenters. The summed E-state index contributed by atoms with van der Waals surface area (Å²) in [7, 11) is 0. The van der Waals surface area contributed by atoms with E-state index in [4.69, 9.17) is 0 Å². The molecular formula is C11H19N3O2. The lowest BCUT2D eigenvalue weighted by atomic mass is 10.1. The van der Waals surface area contributed by atoms with Gasteiger partial charge in [0.1, 0.15) is 0 Å². The molecule has 16 heavy (non-hydrogen) atoms. The Morgan fingerprint density at radius 3 is 2.75 bits per heavy atom. The molecule has 0 aromatic rings. The number of hydrogen-bond donors (Lipinski definition) is 3. The van der Waals surface area contributed by atoms with Crippen molar-refractivity contribution < 1.29 is 9.59 Å². The third-order valence-corrected chi connectivity index (χ3v) is 3.24. The molecular weight excluding hydrogens is 206 g/mol. The van der Waals surface area contributed by atoms with Crippen LogP contribution >= 0.6 is 0 Å². The molecule has 1 saturated heterocycles. The Balaban J connectivity index is 1.75. The van der Waals surface area contributed by atoms with Crippen molar-refractivity contribution in [3.63, 3.8) is 0 Å². The van der Waals surface area contributed by atoms with Crippen LogP contribution in [0.1, 0.15) is 32.1 Å². The average molecular weight is 225 g/mol. The van der Waals surface area contributed by atoms with Crippen LogP contribution in [0.5, 0.6) is 0 Å². The maximum absolute atomic E-state index is 11.7. The molecule has 0 spiro atoms. The topological polar surface area (TPSA) is 70.2 Å². The molecule has 0 bridgehead atoms. The summed E-state index contributed by atoms with van der Waals surface area (Å²) in [6.07, 6.45) is 4.81. The van der Waals surface area contributed by atoms with E-state index in [9.17, 15) is 9.59 Å². The van der Waals surface area contributed by atoms with Gasteiger partial charge in [0, 0.05) is 19.1 Å². The Kier molecular flexibility index (Phi) is 3.77. The number of nitrogens with one attached hydrogen (secondary N) is 3. The van der Waals surface area contributed by atoms with Crippen LogP contribution in [0.15, 0.2) is 0 Å². The van der Waals surface area contributed by atoms with E-state index < -0.39 is 0 Å². The second-order valence-corrected chi connectivity index (χ2v) is 4.55. The van der Waals surface area contributed by atoms with E-state index in [-0.39, 0.29) is 24.3 Å². The predicted octanol–water partition coefficient (Wildman–Crippen LogP) is -0.477. The van der Waals surface area contributed by atoms with Gasteiger partial charge < -0.3 is 16.0 Å². The van der Waals surface area contributed by atoms with Crippen LogP contribution in [-0.2, 0) is 9.59 Å². The van der Waals surface area contributed by atoms with Crippen molar-refractivity contribution in [1.82, 2.24) is 16.0 Å². The Bertz CT molecular complexity index is 274. The molecule has 2 amide bonds. The number of carbonyl (C=O) groups is 2. The Hall–Kier alpha value is -1.10. The first-order valence-corrected chi connectivity index (χ1v) is 6.06. The first-order chi connectivity index (χ1) is 7.75. The minimum absolute atomic E-state index is 0.0125. The standard InChI is InChI=1S/C11H19N3O2/c15-10(14-8-3-1-2-4-8)7-9-11(16)13-6-5-12-9/h8-9,12H,1-7H2,(H,13,16)(H,14,15). The highest BCUT2D eigenvalue weighted by Crippen LogP contribution is 2.17. The summed E-state index contributed by atoms with van der Waals surface area (Å²) < 4.78 is 0. The lowest BCUT2D eigenvalue weighted by molar-refractivity contribution is -0.129. The number of hydrogen-bond acceptors (Lipinski definition) is 3. The lowest BCUT2D eigenvalue weighted by Crippen LogP contribution is -2.54. The summed E-state index contributed by atoms with van der Waals surface area (Å²) in [6.45, 7) is 1.40. The van der Waals surface area contributed by atoms with Crippen LogP contribution in [0, 0.1) is 0 Å². The minimum Gasteiger partial charge on any atom is -0.353 e. The zero-order valence-corrected chi connectivity index (χ0v) is 9.42. The number of amides is 2. The fourth-order valence-corrected chi connectivity index (χ4v) is 2.36. The number of rotatable bonds is 3. The van der Waals surface area contributed by atoms with E-state index in [0.29, 0.717) is 12.6 Å².